The zero-order valence-electron chi connectivity index (χ0n) is 9.11. The minimum Gasteiger partial charge on any atom is -0.399 e. The minimum atomic E-state index is -4.67. The number of anilines is 3. The van der Waals surface area contributed by atoms with Crippen LogP contribution in [0, 0.1) is 0 Å². The van der Waals surface area contributed by atoms with Crippen molar-refractivity contribution in [2.45, 2.75) is 6.92 Å². The Hall–Kier alpha value is -1.55. The molecule has 1 rings (SSSR count). The number of rotatable bonds is 2. The van der Waals surface area contributed by atoms with Gasteiger partial charge in [0.05, 0.1) is 11.4 Å². The molecule has 0 spiro atoms. The Morgan fingerprint density at radius 2 is 1.76 bits per heavy atom. The highest BCUT2D eigenvalue weighted by Gasteiger charge is 2.04. The van der Waals surface area contributed by atoms with Gasteiger partial charge in [0.2, 0.25) is 0 Å². The largest absolute Gasteiger partial charge is 0.399 e. The highest BCUT2D eigenvalue weighted by Crippen LogP contribution is 2.23. The topological polar surface area (TPSA) is 150 Å². The van der Waals surface area contributed by atoms with Crippen LogP contribution in [-0.2, 0) is 10.4 Å². The van der Waals surface area contributed by atoms with Gasteiger partial charge in [0.1, 0.15) is 0 Å². The third kappa shape index (κ3) is 7.36. The van der Waals surface area contributed by atoms with Crippen LogP contribution in [0.5, 0.6) is 0 Å². The summed E-state index contributed by atoms with van der Waals surface area (Å²) in [5.41, 5.74) is 12.8. The van der Waals surface area contributed by atoms with E-state index in [1.165, 1.54) is 0 Å². The van der Waals surface area contributed by atoms with Crippen molar-refractivity contribution in [1.82, 2.24) is 0 Å². The maximum atomic E-state index is 9.33. The third-order valence-electron chi connectivity index (χ3n) is 1.63. The molecule has 17 heavy (non-hydrogen) atoms. The second-order valence-corrected chi connectivity index (χ2v) is 3.88. The second kappa shape index (κ2) is 6.25. The van der Waals surface area contributed by atoms with Crippen LogP contribution >= 0.6 is 0 Å². The van der Waals surface area contributed by atoms with Gasteiger partial charge in [-0.2, -0.15) is 8.42 Å². The Labute approximate surface area is 99.0 Å². The summed E-state index contributed by atoms with van der Waals surface area (Å²) < 4.78 is 31.6. The number of hydrogen-bond acceptors (Lipinski definition) is 6. The lowest BCUT2D eigenvalue weighted by Gasteiger charge is -2.16. The monoisotopic (exact) mass is 265 g/mol. The van der Waals surface area contributed by atoms with Gasteiger partial charge < -0.3 is 11.5 Å². The first-order valence-corrected chi connectivity index (χ1v) is 5.86. The molecule has 0 bridgehead atoms. The van der Waals surface area contributed by atoms with E-state index in [9.17, 15) is 5.21 Å². The molecule has 0 aliphatic carbocycles. The van der Waals surface area contributed by atoms with Gasteiger partial charge >= 0.3 is 10.4 Å². The molecule has 9 heteroatoms. The van der Waals surface area contributed by atoms with Crippen molar-refractivity contribution in [3.05, 3.63) is 18.2 Å². The summed E-state index contributed by atoms with van der Waals surface area (Å²) >= 11 is 0. The molecule has 1 aromatic carbocycles. The molecule has 0 heterocycles. The normalized spacial score (nSPS) is 10.4. The molecule has 0 unspecified atom stereocenters. The average Bonchev–Trinajstić information content (AvgIpc) is 2.18. The summed E-state index contributed by atoms with van der Waals surface area (Å²) in [4.78, 5) is 0. The average molecular weight is 265 g/mol. The van der Waals surface area contributed by atoms with Gasteiger partial charge in [-0.25, -0.2) is 0 Å². The lowest BCUT2D eigenvalue weighted by atomic mass is 10.2. The number of hydroxylamine groups is 1. The first-order valence-electron chi connectivity index (χ1n) is 4.46. The van der Waals surface area contributed by atoms with Crippen LogP contribution in [-0.4, -0.2) is 29.3 Å². The standard InChI is InChI=1S/C8H13N3O.H2O4S/c1-2-11(12)8-5-6(9)3-4-7(8)10;1-5(2,3)4/h3-5,12H,2,9-10H2,1H3;(H2,1,2,3,4). The van der Waals surface area contributed by atoms with Crippen molar-refractivity contribution >= 4 is 27.5 Å². The summed E-state index contributed by atoms with van der Waals surface area (Å²) in [5.74, 6) is 0. The summed E-state index contributed by atoms with van der Waals surface area (Å²) in [7, 11) is -4.67. The first kappa shape index (κ1) is 15.4. The fraction of sp³-hybridized carbons (Fsp3) is 0.250. The quantitative estimate of drug-likeness (QED) is 0.293. The van der Waals surface area contributed by atoms with Crippen molar-refractivity contribution in [1.29, 1.82) is 0 Å². The second-order valence-electron chi connectivity index (χ2n) is 2.98. The molecule has 0 aliphatic heterocycles. The number of hydrogen-bond donors (Lipinski definition) is 5. The Morgan fingerprint density at radius 3 is 2.18 bits per heavy atom. The molecule has 7 N–H and O–H groups in total. The highest BCUT2D eigenvalue weighted by molar-refractivity contribution is 7.79. The molecule has 98 valence electrons. The van der Waals surface area contributed by atoms with Crippen LogP contribution in [0.4, 0.5) is 17.1 Å². The van der Waals surface area contributed by atoms with E-state index in [0.717, 1.165) is 5.06 Å². The lowest BCUT2D eigenvalue weighted by Crippen LogP contribution is -2.18. The summed E-state index contributed by atoms with van der Waals surface area (Å²) in [5, 5.41) is 10.4. The summed E-state index contributed by atoms with van der Waals surface area (Å²) in [6, 6.07) is 5.00. The molecular formula is C8H15N3O5S. The molecule has 0 aliphatic rings. The minimum absolute atomic E-state index is 0.480. The fourth-order valence-corrected chi connectivity index (χ4v) is 0.955. The van der Waals surface area contributed by atoms with Crippen LogP contribution in [0.2, 0.25) is 0 Å². The Morgan fingerprint density at radius 1 is 1.29 bits per heavy atom. The van der Waals surface area contributed by atoms with E-state index in [1.54, 1.807) is 18.2 Å². The first-order chi connectivity index (χ1) is 7.65. The Bertz CT molecular complexity index is 454. The van der Waals surface area contributed by atoms with E-state index in [2.05, 4.69) is 0 Å². The molecule has 0 radical (unpaired) electrons. The fourth-order valence-electron chi connectivity index (χ4n) is 0.955. The van der Waals surface area contributed by atoms with Crippen molar-refractivity contribution in [3.63, 3.8) is 0 Å². The van der Waals surface area contributed by atoms with Gasteiger partial charge in [0.25, 0.3) is 0 Å². The van der Waals surface area contributed by atoms with E-state index in [0.29, 0.717) is 23.6 Å². The molecule has 0 fully saturated rings. The smallest absolute Gasteiger partial charge is 0.394 e. The number of nitrogens with two attached hydrogens (primary N) is 2. The molecule has 0 atom stereocenters. The summed E-state index contributed by atoms with van der Waals surface area (Å²) in [6.07, 6.45) is 0. The molecule has 0 saturated carbocycles. The van der Waals surface area contributed by atoms with E-state index in [4.69, 9.17) is 29.0 Å². The Kier molecular flexibility index (Phi) is 5.68. The third-order valence-corrected chi connectivity index (χ3v) is 1.63. The van der Waals surface area contributed by atoms with Gasteiger partial charge in [-0.05, 0) is 25.1 Å². The van der Waals surface area contributed by atoms with Gasteiger partial charge in [-0.3, -0.25) is 19.4 Å². The highest BCUT2D eigenvalue weighted by atomic mass is 32.3. The van der Waals surface area contributed by atoms with Crippen LogP contribution in [0.25, 0.3) is 0 Å². The van der Waals surface area contributed by atoms with Gasteiger partial charge in [0.15, 0.2) is 0 Å². The van der Waals surface area contributed by atoms with Crippen molar-refractivity contribution in [2.75, 3.05) is 23.1 Å². The van der Waals surface area contributed by atoms with Crippen LogP contribution < -0.4 is 16.5 Å². The van der Waals surface area contributed by atoms with E-state index in [1.807, 2.05) is 6.92 Å². The van der Waals surface area contributed by atoms with Gasteiger partial charge in [-0.15, -0.1) is 0 Å². The molecule has 0 saturated heterocycles. The van der Waals surface area contributed by atoms with Crippen molar-refractivity contribution < 1.29 is 22.7 Å². The lowest BCUT2D eigenvalue weighted by molar-refractivity contribution is 0.260. The zero-order chi connectivity index (χ0) is 13.6. The van der Waals surface area contributed by atoms with E-state index in [-0.39, 0.29) is 0 Å². The van der Waals surface area contributed by atoms with E-state index < -0.39 is 10.4 Å². The SMILES string of the molecule is CCN(O)c1cc(N)ccc1N.O=S(=O)(O)O. The molecule has 0 amide bonds. The predicted molar refractivity (Wildman–Crippen MR) is 64.3 cm³/mol. The molecule has 0 aromatic heterocycles. The number of nitrogens with zero attached hydrogens (tertiary/aromatic N) is 1. The summed E-state index contributed by atoms with van der Waals surface area (Å²) in [6.45, 7) is 2.30. The van der Waals surface area contributed by atoms with Gasteiger partial charge in [-0.1, -0.05) is 0 Å². The Balaban J connectivity index is 0.000000437. The molecular weight excluding hydrogens is 250 g/mol. The molecule has 8 nitrogen and oxygen atoms in total. The van der Waals surface area contributed by atoms with Crippen LogP contribution in [0.15, 0.2) is 18.2 Å². The zero-order valence-corrected chi connectivity index (χ0v) is 9.92. The van der Waals surface area contributed by atoms with Crippen LogP contribution in [0.1, 0.15) is 6.92 Å². The van der Waals surface area contributed by atoms with Gasteiger partial charge in [0, 0.05) is 12.2 Å². The number of benzene rings is 1. The van der Waals surface area contributed by atoms with Crippen molar-refractivity contribution in [2.24, 2.45) is 0 Å². The maximum absolute atomic E-state index is 9.33. The number of nitrogen functional groups attached to an aromatic ring is 2. The predicted octanol–water partition coefficient (Wildman–Crippen LogP) is 0.414. The maximum Gasteiger partial charge on any atom is 0.394 e. The van der Waals surface area contributed by atoms with Crippen LogP contribution in [0.3, 0.4) is 0 Å². The molecule has 1 aromatic rings. The van der Waals surface area contributed by atoms with Crippen molar-refractivity contribution in [3.8, 4) is 0 Å². The van der Waals surface area contributed by atoms with E-state index >= 15 is 0 Å².